The molecule has 33 heavy (non-hydrogen) atoms. The molecule has 0 bridgehead atoms. The predicted molar refractivity (Wildman–Crippen MR) is 130 cm³/mol. The maximum Gasteiger partial charge on any atom is 0.251 e. The molecule has 1 heterocycles. The number of carbonyl (C=O) groups is 2. The number of rotatable bonds is 7. The maximum atomic E-state index is 13.5. The highest BCUT2D eigenvalue weighted by Crippen LogP contribution is 2.21. The Labute approximate surface area is 194 Å². The molecule has 4 rings (SSSR count). The van der Waals surface area contributed by atoms with E-state index in [4.69, 9.17) is 4.74 Å². The smallest absolute Gasteiger partial charge is 0.251 e. The highest BCUT2D eigenvalue weighted by Gasteiger charge is 2.29. The molecule has 0 radical (unpaired) electrons. The lowest BCUT2D eigenvalue weighted by atomic mass is 10.0. The van der Waals surface area contributed by atoms with E-state index in [0.717, 1.165) is 30.1 Å². The first kappa shape index (κ1) is 22.4. The number of nitrogens with zero attached hydrogens (tertiary/aromatic N) is 2. The molecule has 6 heteroatoms. The third-order valence-corrected chi connectivity index (χ3v) is 5.95. The van der Waals surface area contributed by atoms with Gasteiger partial charge in [0, 0.05) is 43.9 Å². The van der Waals surface area contributed by atoms with Crippen molar-refractivity contribution in [2.45, 2.75) is 12.5 Å². The zero-order valence-corrected chi connectivity index (χ0v) is 18.8. The molecule has 0 aromatic heterocycles. The van der Waals surface area contributed by atoms with Gasteiger partial charge in [-0.1, -0.05) is 48.5 Å². The molecule has 170 valence electrons. The van der Waals surface area contributed by atoms with Gasteiger partial charge in [0.1, 0.15) is 11.8 Å². The number of hydrogen-bond donors (Lipinski definition) is 1. The van der Waals surface area contributed by atoms with Crippen molar-refractivity contribution in [1.82, 2.24) is 10.2 Å². The van der Waals surface area contributed by atoms with Gasteiger partial charge in [0.2, 0.25) is 5.91 Å². The predicted octanol–water partition coefficient (Wildman–Crippen LogP) is 3.39. The van der Waals surface area contributed by atoms with Crippen LogP contribution in [0, 0.1) is 0 Å². The number of amides is 2. The van der Waals surface area contributed by atoms with Crippen LogP contribution in [0.25, 0.3) is 0 Å². The lowest BCUT2D eigenvalue weighted by Gasteiger charge is -2.37. The molecule has 1 aliphatic heterocycles. The van der Waals surface area contributed by atoms with Gasteiger partial charge >= 0.3 is 0 Å². The Kier molecular flexibility index (Phi) is 7.25. The van der Waals surface area contributed by atoms with Crippen LogP contribution in [0.1, 0.15) is 15.9 Å². The van der Waals surface area contributed by atoms with Crippen molar-refractivity contribution < 1.29 is 14.3 Å². The number of hydrogen-bond acceptors (Lipinski definition) is 4. The Hall–Kier alpha value is -3.80. The van der Waals surface area contributed by atoms with Crippen LogP contribution >= 0.6 is 0 Å². The number of piperazine rings is 1. The van der Waals surface area contributed by atoms with Gasteiger partial charge in [-0.3, -0.25) is 9.59 Å². The summed E-state index contributed by atoms with van der Waals surface area (Å²) in [5.74, 6) is 0.546. The van der Waals surface area contributed by atoms with E-state index < -0.39 is 6.04 Å². The second kappa shape index (κ2) is 10.7. The lowest BCUT2D eigenvalue weighted by molar-refractivity contribution is -0.133. The Balaban J connectivity index is 1.43. The van der Waals surface area contributed by atoms with Gasteiger partial charge in [0.15, 0.2) is 0 Å². The first-order valence-electron chi connectivity index (χ1n) is 11.2. The molecule has 1 fully saturated rings. The van der Waals surface area contributed by atoms with Gasteiger partial charge in [0.05, 0.1) is 7.11 Å². The third kappa shape index (κ3) is 5.71. The Morgan fingerprint density at radius 2 is 1.45 bits per heavy atom. The number of methoxy groups -OCH3 is 1. The standard InChI is InChI=1S/C27H29N3O3/c1-33-24-14-12-23(13-15-24)29-16-18-30(19-17-29)27(32)25(20-21-8-4-2-5-9-21)28-26(31)22-10-6-3-7-11-22/h2-15,25H,16-20H2,1H3,(H,28,31)/t25-/m0/s1. The van der Waals surface area contributed by atoms with Crippen molar-refractivity contribution in [3.8, 4) is 5.75 Å². The molecule has 3 aromatic carbocycles. The fraction of sp³-hybridized carbons (Fsp3) is 0.259. The van der Waals surface area contributed by atoms with Crippen molar-refractivity contribution >= 4 is 17.5 Å². The van der Waals surface area contributed by atoms with E-state index in [9.17, 15) is 9.59 Å². The molecule has 2 amide bonds. The van der Waals surface area contributed by atoms with E-state index in [1.54, 1.807) is 19.2 Å². The molecular weight excluding hydrogens is 414 g/mol. The zero-order valence-electron chi connectivity index (χ0n) is 18.8. The monoisotopic (exact) mass is 443 g/mol. The normalized spacial score (nSPS) is 14.5. The van der Waals surface area contributed by atoms with E-state index in [1.165, 1.54) is 0 Å². The highest BCUT2D eigenvalue weighted by molar-refractivity contribution is 5.97. The average Bonchev–Trinajstić information content (AvgIpc) is 2.89. The number of ether oxygens (including phenoxy) is 1. The van der Waals surface area contributed by atoms with Crippen LogP contribution < -0.4 is 15.0 Å². The summed E-state index contributed by atoms with van der Waals surface area (Å²) in [7, 11) is 1.65. The van der Waals surface area contributed by atoms with Gasteiger partial charge in [-0.05, 0) is 42.0 Å². The topological polar surface area (TPSA) is 61.9 Å². The highest BCUT2D eigenvalue weighted by atomic mass is 16.5. The average molecular weight is 444 g/mol. The van der Waals surface area contributed by atoms with Crippen molar-refractivity contribution in [1.29, 1.82) is 0 Å². The SMILES string of the molecule is COc1ccc(N2CCN(C(=O)[C@H](Cc3ccccc3)NC(=O)c3ccccc3)CC2)cc1. The van der Waals surface area contributed by atoms with Gasteiger partial charge in [0.25, 0.3) is 5.91 Å². The largest absolute Gasteiger partial charge is 0.497 e. The number of benzene rings is 3. The van der Waals surface area contributed by atoms with E-state index in [2.05, 4.69) is 10.2 Å². The number of anilines is 1. The van der Waals surface area contributed by atoms with Crippen LogP contribution in [-0.2, 0) is 11.2 Å². The Morgan fingerprint density at radius 3 is 2.06 bits per heavy atom. The van der Waals surface area contributed by atoms with Crippen LogP contribution in [-0.4, -0.2) is 56.0 Å². The van der Waals surface area contributed by atoms with Crippen LogP contribution in [0.2, 0.25) is 0 Å². The van der Waals surface area contributed by atoms with Crippen LogP contribution in [0.15, 0.2) is 84.9 Å². The van der Waals surface area contributed by atoms with Crippen LogP contribution in [0.3, 0.4) is 0 Å². The third-order valence-electron chi connectivity index (χ3n) is 5.95. The van der Waals surface area contributed by atoms with E-state index in [0.29, 0.717) is 25.1 Å². The first-order valence-corrected chi connectivity index (χ1v) is 11.2. The molecule has 0 unspecified atom stereocenters. The van der Waals surface area contributed by atoms with Crippen LogP contribution in [0.4, 0.5) is 5.69 Å². The van der Waals surface area contributed by atoms with Gasteiger partial charge < -0.3 is 19.9 Å². The molecule has 0 saturated carbocycles. The van der Waals surface area contributed by atoms with E-state index >= 15 is 0 Å². The van der Waals surface area contributed by atoms with Crippen molar-refractivity contribution in [2.75, 3.05) is 38.2 Å². The maximum absolute atomic E-state index is 13.5. The molecule has 1 aliphatic rings. The summed E-state index contributed by atoms with van der Waals surface area (Å²) >= 11 is 0. The summed E-state index contributed by atoms with van der Waals surface area (Å²) in [6, 6.07) is 26.2. The number of carbonyl (C=O) groups excluding carboxylic acids is 2. The van der Waals surface area contributed by atoms with Gasteiger partial charge in [-0.25, -0.2) is 0 Å². The van der Waals surface area contributed by atoms with Crippen molar-refractivity contribution in [2.24, 2.45) is 0 Å². The summed E-state index contributed by atoms with van der Waals surface area (Å²) in [6.07, 6.45) is 0.455. The van der Waals surface area contributed by atoms with Gasteiger partial charge in [-0.15, -0.1) is 0 Å². The van der Waals surface area contributed by atoms with Crippen LogP contribution in [0.5, 0.6) is 5.75 Å². The minimum Gasteiger partial charge on any atom is -0.497 e. The van der Waals surface area contributed by atoms with E-state index in [-0.39, 0.29) is 11.8 Å². The number of nitrogens with one attached hydrogen (secondary N) is 1. The summed E-state index contributed by atoms with van der Waals surface area (Å²) < 4.78 is 5.24. The zero-order chi connectivity index (χ0) is 23.0. The Morgan fingerprint density at radius 1 is 0.848 bits per heavy atom. The summed E-state index contributed by atoms with van der Waals surface area (Å²) in [6.45, 7) is 2.69. The minimum atomic E-state index is -0.618. The summed E-state index contributed by atoms with van der Waals surface area (Å²) in [4.78, 5) is 30.4. The summed E-state index contributed by atoms with van der Waals surface area (Å²) in [5.41, 5.74) is 2.68. The molecule has 6 nitrogen and oxygen atoms in total. The minimum absolute atomic E-state index is 0.0440. The molecule has 0 aliphatic carbocycles. The molecule has 1 saturated heterocycles. The quantitative estimate of drug-likeness (QED) is 0.608. The second-order valence-corrected chi connectivity index (χ2v) is 8.09. The molecule has 3 aromatic rings. The first-order chi connectivity index (χ1) is 16.1. The molecule has 1 N–H and O–H groups in total. The molecule has 1 atom stereocenters. The molecular formula is C27H29N3O3. The van der Waals surface area contributed by atoms with Crippen molar-refractivity contribution in [3.63, 3.8) is 0 Å². The van der Waals surface area contributed by atoms with Gasteiger partial charge in [-0.2, -0.15) is 0 Å². The second-order valence-electron chi connectivity index (χ2n) is 8.09. The Bertz CT molecular complexity index is 1050. The van der Waals surface area contributed by atoms with E-state index in [1.807, 2.05) is 77.7 Å². The van der Waals surface area contributed by atoms with Crippen molar-refractivity contribution in [3.05, 3.63) is 96.1 Å². The fourth-order valence-corrected chi connectivity index (χ4v) is 4.08. The lowest BCUT2D eigenvalue weighted by Crippen LogP contribution is -2.55. The summed E-state index contributed by atoms with van der Waals surface area (Å²) in [5, 5.41) is 2.98. The fourth-order valence-electron chi connectivity index (χ4n) is 4.08. The molecule has 0 spiro atoms.